The zero-order valence-corrected chi connectivity index (χ0v) is 10.4. The van der Waals surface area contributed by atoms with Crippen LogP contribution >= 0.6 is 0 Å². The smallest absolute Gasteiger partial charge is 0.155 e. The van der Waals surface area contributed by atoms with Gasteiger partial charge in [0.15, 0.2) is 9.84 Å². The molecule has 0 aromatic carbocycles. The topological polar surface area (TPSA) is 34.1 Å². The minimum absolute atomic E-state index is 0.399. The van der Waals surface area contributed by atoms with E-state index in [4.69, 9.17) is 0 Å². The molecule has 0 radical (unpaired) electrons. The van der Waals surface area contributed by atoms with Gasteiger partial charge in [-0.05, 0) is 39.5 Å². The van der Waals surface area contributed by atoms with Gasteiger partial charge in [-0.25, -0.2) is 8.42 Å². The van der Waals surface area contributed by atoms with Crippen LogP contribution in [-0.4, -0.2) is 18.9 Å². The van der Waals surface area contributed by atoms with E-state index < -0.39 is 14.6 Å². The van der Waals surface area contributed by atoms with Crippen LogP contribution in [0.4, 0.5) is 0 Å². The quantitative estimate of drug-likeness (QED) is 0.714. The highest BCUT2D eigenvalue weighted by atomic mass is 32.2. The lowest BCUT2D eigenvalue weighted by Crippen LogP contribution is -2.33. The van der Waals surface area contributed by atoms with Crippen molar-refractivity contribution in [3.8, 4) is 0 Å². The second-order valence-corrected chi connectivity index (χ2v) is 8.19. The van der Waals surface area contributed by atoms with Crippen LogP contribution in [0, 0.1) is 5.92 Å². The zero-order valence-electron chi connectivity index (χ0n) is 9.54. The molecule has 1 rings (SSSR count). The van der Waals surface area contributed by atoms with Gasteiger partial charge in [-0.3, -0.25) is 0 Å². The average Bonchev–Trinajstić information content (AvgIpc) is 2.03. The first-order valence-corrected chi connectivity index (χ1v) is 7.20. The average molecular weight is 218 g/mol. The molecule has 0 saturated heterocycles. The Morgan fingerprint density at radius 1 is 1.07 bits per heavy atom. The summed E-state index contributed by atoms with van der Waals surface area (Å²) in [6.07, 6.45) is 5.92. The Hall–Kier alpha value is -0.0500. The molecule has 1 saturated carbocycles. The van der Waals surface area contributed by atoms with Gasteiger partial charge in [0.2, 0.25) is 0 Å². The molecule has 3 heteroatoms. The van der Waals surface area contributed by atoms with Gasteiger partial charge in [-0.2, -0.15) is 0 Å². The van der Waals surface area contributed by atoms with Crippen molar-refractivity contribution in [2.75, 3.05) is 5.75 Å². The summed E-state index contributed by atoms with van der Waals surface area (Å²) in [5.41, 5.74) is 0. The molecular formula is C11H22O2S. The van der Waals surface area contributed by atoms with Gasteiger partial charge >= 0.3 is 0 Å². The highest BCUT2D eigenvalue weighted by Crippen LogP contribution is 2.28. The van der Waals surface area contributed by atoms with Crippen LogP contribution in [0.2, 0.25) is 0 Å². The van der Waals surface area contributed by atoms with E-state index in [0.717, 1.165) is 12.8 Å². The van der Waals surface area contributed by atoms with Crippen LogP contribution in [-0.2, 0) is 9.84 Å². The van der Waals surface area contributed by atoms with Crippen LogP contribution in [0.1, 0.15) is 52.9 Å². The van der Waals surface area contributed by atoms with Crippen LogP contribution in [0.25, 0.3) is 0 Å². The molecule has 0 unspecified atom stereocenters. The van der Waals surface area contributed by atoms with Crippen molar-refractivity contribution >= 4 is 9.84 Å². The lowest BCUT2D eigenvalue weighted by molar-refractivity contribution is 0.382. The second kappa shape index (κ2) is 4.21. The molecule has 2 nitrogen and oxygen atoms in total. The first-order valence-electron chi connectivity index (χ1n) is 5.55. The summed E-state index contributed by atoms with van der Waals surface area (Å²) in [5.74, 6) is 0.823. The summed E-state index contributed by atoms with van der Waals surface area (Å²) in [5, 5.41) is 0. The lowest BCUT2D eigenvalue weighted by atomic mass is 9.91. The normalized spacial score (nSPS) is 21.1. The largest absolute Gasteiger partial charge is 0.228 e. The molecule has 0 amide bonds. The molecule has 0 heterocycles. The van der Waals surface area contributed by atoms with Gasteiger partial charge in [0.1, 0.15) is 0 Å². The fraction of sp³-hybridized carbons (Fsp3) is 1.00. The number of rotatable bonds is 2. The van der Waals surface area contributed by atoms with Crippen molar-refractivity contribution < 1.29 is 8.42 Å². The zero-order chi connectivity index (χ0) is 10.8. The van der Waals surface area contributed by atoms with E-state index in [1.54, 1.807) is 20.8 Å². The molecule has 0 bridgehead atoms. The van der Waals surface area contributed by atoms with Gasteiger partial charge in [-0.1, -0.05) is 19.3 Å². The van der Waals surface area contributed by atoms with Gasteiger partial charge in [0.25, 0.3) is 0 Å². The molecule has 0 aromatic heterocycles. The summed E-state index contributed by atoms with van der Waals surface area (Å²) in [7, 11) is -2.90. The minimum Gasteiger partial charge on any atom is -0.228 e. The van der Waals surface area contributed by atoms with Gasteiger partial charge in [0, 0.05) is 0 Å². The molecule has 0 aromatic rings. The van der Waals surface area contributed by atoms with Crippen molar-refractivity contribution in [1.29, 1.82) is 0 Å². The second-order valence-electron chi connectivity index (χ2n) is 5.40. The monoisotopic (exact) mass is 218 g/mol. The van der Waals surface area contributed by atoms with Crippen molar-refractivity contribution in [1.82, 2.24) is 0 Å². The van der Waals surface area contributed by atoms with E-state index in [2.05, 4.69) is 0 Å². The van der Waals surface area contributed by atoms with Crippen LogP contribution < -0.4 is 0 Å². The van der Waals surface area contributed by atoms with Crippen molar-refractivity contribution in [2.24, 2.45) is 5.92 Å². The first-order chi connectivity index (χ1) is 6.33. The van der Waals surface area contributed by atoms with Crippen LogP contribution in [0.3, 0.4) is 0 Å². The Bertz CT molecular complexity index is 266. The molecule has 0 atom stereocenters. The first kappa shape index (κ1) is 12.0. The molecule has 0 aliphatic heterocycles. The van der Waals surface area contributed by atoms with Gasteiger partial charge in [-0.15, -0.1) is 0 Å². The van der Waals surface area contributed by atoms with E-state index in [1.165, 1.54) is 19.3 Å². The van der Waals surface area contributed by atoms with Gasteiger partial charge in [0.05, 0.1) is 10.5 Å². The lowest BCUT2D eigenvalue weighted by Gasteiger charge is -2.26. The molecular weight excluding hydrogens is 196 g/mol. The van der Waals surface area contributed by atoms with Gasteiger partial charge < -0.3 is 0 Å². The Balaban J connectivity index is 2.58. The summed E-state index contributed by atoms with van der Waals surface area (Å²) in [4.78, 5) is 0. The fourth-order valence-corrected chi connectivity index (χ4v) is 3.37. The standard InChI is InChI=1S/C11H22O2S/c1-11(2,3)14(12,13)9-10-7-5-4-6-8-10/h10H,4-9H2,1-3H3. The maximum absolute atomic E-state index is 11.9. The third-order valence-corrected chi connectivity index (χ3v) is 5.89. The predicted octanol–water partition coefficient (Wildman–Crippen LogP) is 2.78. The molecule has 0 N–H and O–H groups in total. The third-order valence-electron chi connectivity index (χ3n) is 3.11. The molecule has 14 heavy (non-hydrogen) atoms. The highest BCUT2D eigenvalue weighted by molar-refractivity contribution is 7.92. The van der Waals surface area contributed by atoms with E-state index in [-0.39, 0.29) is 0 Å². The predicted molar refractivity (Wildman–Crippen MR) is 60.1 cm³/mol. The molecule has 1 aliphatic carbocycles. The molecule has 0 spiro atoms. The summed E-state index contributed by atoms with van der Waals surface area (Å²) in [6.45, 7) is 5.39. The maximum Gasteiger partial charge on any atom is 0.155 e. The highest BCUT2D eigenvalue weighted by Gasteiger charge is 2.31. The Kier molecular flexibility index (Phi) is 3.62. The van der Waals surface area contributed by atoms with Crippen LogP contribution in [0.5, 0.6) is 0 Å². The number of sulfone groups is 1. The third kappa shape index (κ3) is 2.97. The Morgan fingerprint density at radius 2 is 1.57 bits per heavy atom. The number of hydrogen-bond donors (Lipinski definition) is 0. The summed E-state index contributed by atoms with van der Waals surface area (Å²) < 4.78 is 23.3. The SMILES string of the molecule is CC(C)(C)S(=O)(=O)CC1CCCCC1. The Labute approximate surface area is 88.0 Å². The Morgan fingerprint density at radius 3 is 2.00 bits per heavy atom. The number of hydrogen-bond acceptors (Lipinski definition) is 2. The van der Waals surface area contributed by atoms with Crippen molar-refractivity contribution in [2.45, 2.75) is 57.6 Å². The van der Waals surface area contributed by atoms with E-state index >= 15 is 0 Å². The summed E-state index contributed by atoms with van der Waals surface area (Å²) in [6, 6.07) is 0. The fourth-order valence-electron chi connectivity index (χ4n) is 1.91. The van der Waals surface area contributed by atoms with E-state index in [0.29, 0.717) is 11.7 Å². The van der Waals surface area contributed by atoms with E-state index in [1.807, 2.05) is 0 Å². The maximum atomic E-state index is 11.9. The van der Waals surface area contributed by atoms with Crippen molar-refractivity contribution in [3.63, 3.8) is 0 Å². The molecule has 1 fully saturated rings. The van der Waals surface area contributed by atoms with Crippen LogP contribution in [0.15, 0.2) is 0 Å². The van der Waals surface area contributed by atoms with E-state index in [9.17, 15) is 8.42 Å². The summed E-state index contributed by atoms with van der Waals surface area (Å²) >= 11 is 0. The molecule has 1 aliphatic rings. The minimum atomic E-state index is -2.90. The molecule has 84 valence electrons. The van der Waals surface area contributed by atoms with Crippen molar-refractivity contribution in [3.05, 3.63) is 0 Å².